The van der Waals surface area contributed by atoms with Gasteiger partial charge >= 0.3 is 6.61 Å². The van der Waals surface area contributed by atoms with Gasteiger partial charge in [-0.2, -0.15) is 13.9 Å². The van der Waals surface area contributed by atoms with E-state index < -0.39 is 30.0 Å². The standard InChI is InChI=1S/C23H18F3N5O4S/c1-12(32)19-5-3-14(36-19)11-28-22(34)17-9-16(30-20-6-7-29-31(17)20)21(33)27-10-13-2-4-15(24)18(8-13)35-23(25)26/h2-9,23H,10-11H2,1H3,(H,27,33)(H,28,34). The number of hydrogen-bond donors (Lipinski definition) is 2. The monoisotopic (exact) mass is 517 g/mol. The van der Waals surface area contributed by atoms with Gasteiger partial charge in [0.25, 0.3) is 11.8 Å². The van der Waals surface area contributed by atoms with Crippen LogP contribution >= 0.6 is 11.3 Å². The van der Waals surface area contributed by atoms with Crippen LogP contribution in [0.2, 0.25) is 0 Å². The summed E-state index contributed by atoms with van der Waals surface area (Å²) in [6.45, 7) is -1.71. The van der Waals surface area contributed by atoms with Gasteiger partial charge in [-0.15, -0.1) is 11.3 Å². The molecule has 2 N–H and O–H groups in total. The van der Waals surface area contributed by atoms with Crippen LogP contribution in [0.3, 0.4) is 0 Å². The van der Waals surface area contributed by atoms with Gasteiger partial charge in [-0.05, 0) is 36.8 Å². The zero-order valence-corrected chi connectivity index (χ0v) is 19.4. The molecular formula is C23H18F3N5O4S. The molecule has 4 aromatic rings. The first-order valence-corrected chi connectivity index (χ1v) is 11.3. The van der Waals surface area contributed by atoms with Crippen molar-refractivity contribution >= 4 is 34.6 Å². The van der Waals surface area contributed by atoms with Crippen molar-refractivity contribution in [3.05, 3.63) is 81.2 Å². The normalized spacial score (nSPS) is 11.0. The Hall–Kier alpha value is -4.26. The summed E-state index contributed by atoms with van der Waals surface area (Å²) in [7, 11) is 0. The highest BCUT2D eigenvalue weighted by Gasteiger charge is 2.18. The van der Waals surface area contributed by atoms with Crippen molar-refractivity contribution in [2.45, 2.75) is 26.6 Å². The third kappa shape index (κ3) is 5.68. The number of ether oxygens (including phenoxy) is 1. The lowest BCUT2D eigenvalue weighted by Gasteiger charge is -2.10. The van der Waals surface area contributed by atoms with E-state index in [0.717, 1.165) is 17.0 Å². The number of Topliss-reactive ketones (excluding diaryl/α,β-unsaturated/α-hetero) is 1. The van der Waals surface area contributed by atoms with Crippen LogP contribution < -0.4 is 15.4 Å². The van der Waals surface area contributed by atoms with E-state index in [1.54, 1.807) is 12.1 Å². The predicted octanol–water partition coefficient (Wildman–Crippen LogP) is 3.59. The summed E-state index contributed by atoms with van der Waals surface area (Å²) in [5.41, 5.74) is 0.518. The molecule has 0 unspecified atom stereocenters. The number of benzene rings is 1. The van der Waals surface area contributed by atoms with Crippen LogP contribution in [-0.4, -0.2) is 38.8 Å². The molecule has 3 aromatic heterocycles. The number of fused-ring (bicyclic) bond motifs is 1. The number of amides is 2. The molecule has 36 heavy (non-hydrogen) atoms. The van der Waals surface area contributed by atoms with Crippen molar-refractivity contribution in [1.29, 1.82) is 0 Å². The van der Waals surface area contributed by atoms with Crippen molar-refractivity contribution in [2.24, 2.45) is 0 Å². The Morgan fingerprint density at radius 3 is 2.56 bits per heavy atom. The Labute approximate surface area is 205 Å². The Balaban J connectivity index is 1.48. The number of nitrogens with one attached hydrogen (secondary N) is 2. The summed E-state index contributed by atoms with van der Waals surface area (Å²) in [6.07, 6.45) is 1.42. The summed E-state index contributed by atoms with van der Waals surface area (Å²) in [5.74, 6) is -2.85. The average Bonchev–Trinajstić information content (AvgIpc) is 3.51. The molecule has 0 aliphatic carbocycles. The highest BCUT2D eigenvalue weighted by molar-refractivity contribution is 7.14. The lowest BCUT2D eigenvalue weighted by atomic mass is 10.2. The van der Waals surface area contributed by atoms with Gasteiger partial charge in [0, 0.05) is 23.6 Å². The average molecular weight is 517 g/mol. The second-order valence-electron chi connectivity index (χ2n) is 7.46. The molecule has 0 saturated carbocycles. The molecule has 4 rings (SSSR count). The van der Waals surface area contributed by atoms with E-state index in [1.165, 1.54) is 47.2 Å². The van der Waals surface area contributed by atoms with Crippen LogP contribution in [0, 0.1) is 5.82 Å². The van der Waals surface area contributed by atoms with Crippen LogP contribution in [0.15, 0.2) is 48.7 Å². The third-order valence-corrected chi connectivity index (χ3v) is 6.11. The number of aromatic nitrogens is 3. The molecule has 186 valence electrons. The lowest BCUT2D eigenvalue weighted by Crippen LogP contribution is -2.28. The van der Waals surface area contributed by atoms with E-state index in [1.807, 2.05) is 0 Å². The minimum atomic E-state index is -3.20. The fourth-order valence-corrected chi connectivity index (χ4v) is 4.07. The Morgan fingerprint density at radius 2 is 1.83 bits per heavy atom. The van der Waals surface area contributed by atoms with Crippen LogP contribution in [0.1, 0.15) is 48.0 Å². The van der Waals surface area contributed by atoms with Gasteiger partial charge in [-0.3, -0.25) is 14.4 Å². The quantitative estimate of drug-likeness (QED) is 0.328. The predicted molar refractivity (Wildman–Crippen MR) is 123 cm³/mol. The second-order valence-corrected chi connectivity index (χ2v) is 8.63. The molecular weight excluding hydrogens is 499 g/mol. The maximum Gasteiger partial charge on any atom is 0.387 e. The van der Waals surface area contributed by atoms with Gasteiger partial charge in [-0.1, -0.05) is 6.07 Å². The van der Waals surface area contributed by atoms with Gasteiger partial charge in [0.05, 0.1) is 17.6 Å². The Morgan fingerprint density at radius 1 is 1.06 bits per heavy atom. The first kappa shape index (κ1) is 24.9. The van der Waals surface area contributed by atoms with Crippen LogP contribution in [0.4, 0.5) is 13.2 Å². The minimum Gasteiger partial charge on any atom is -0.432 e. The SMILES string of the molecule is CC(=O)c1ccc(CNC(=O)c2cc(C(=O)NCc3ccc(F)c(OC(F)F)c3)nc3ccnn23)s1. The number of carbonyl (C=O) groups excluding carboxylic acids is 3. The number of nitrogens with zero attached hydrogens (tertiary/aromatic N) is 3. The summed E-state index contributed by atoms with van der Waals surface area (Å²) >= 11 is 1.26. The molecule has 0 atom stereocenters. The maximum absolute atomic E-state index is 13.6. The van der Waals surface area contributed by atoms with E-state index >= 15 is 0 Å². The topological polar surface area (TPSA) is 115 Å². The highest BCUT2D eigenvalue weighted by atomic mass is 32.1. The first-order valence-electron chi connectivity index (χ1n) is 10.5. The van der Waals surface area contributed by atoms with E-state index in [4.69, 9.17) is 0 Å². The van der Waals surface area contributed by atoms with Gasteiger partial charge in [0.2, 0.25) is 0 Å². The third-order valence-electron chi connectivity index (χ3n) is 4.92. The van der Waals surface area contributed by atoms with Crippen molar-refractivity contribution in [2.75, 3.05) is 0 Å². The summed E-state index contributed by atoms with van der Waals surface area (Å²) in [5, 5.41) is 9.35. The first-order chi connectivity index (χ1) is 17.2. The summed E-state index contributed by atoms with van der Waals surface area (Å²) < 4.78 is 43.9. The molecule has 0 aliphatic heterocycles. The van der Waals surface area contributed by atoms with E-state index in [-0.39, 0.29) is 35.9 Å². The second kappa shape index (κ2) is 10.6. The fraction of sp³-hybridized carbons (Fsp3) is 0.174. The zero-order chi connectivity index (χ0) is 25.8. The number of ketones is 1. The highest BCUT2D eigenvalue weighted by Crippen LogP contribution is 2.21. The maximum atomic E-state index is 13.6. The zero-order valence-electron chi connectivity index (χ0n) is 18.6. The molecule has 0 spiro atoms. The number of rotatable bonds is 9. The van der Waals surface area contributed by atoms with Crippen molar-refractivity contribution in [1.82, 2.24) is 25.2 Å². The molecule has 9 nitrogen and oxygen atoms in total. The van der Waals surface area contributed by atoms with Gasteiger partial charge < -0.3 is 15.4 Å². The summed E-state index contributed by atoms with van der Waals surface area (Å²) in [6, 6.07) is 9.50. The van der Waals surface area contributed by atoms with E-state index in [2.05, 4.69) is 25.5 Å². The van der Waals surface area contributed by atoms with E-state index in [0.29, 0.717) is 10.4 Å². The minimum absolute atomic E-state index is 0.0490. The van der Waals surface area contributed by atoms with Crippen molar-refractivity contribution in [3.63, 3.8) is 0 Å². The Kier molecular flexibility index (Phi) is 7.29. The number of alkyl halides is 2. The molecule has 0 bridgehead atoms. The molecule has 1 aromatic carbocycles. The van der Waals surface area contributed by atoms with Gasteiger partial charge in [0.1, 0.15) is 11.4 Å². The molecule has 13 heteroatoms. The number of hydrogen-bond acceptors (Lipinski definition) is 7. The molecule has 0 aliphatic rings. The smallest absolute Gasteiger partial charge is 0.387 e. The number of carbonyl (C=O) groups is 3. The molecule has 0 saturated heterocycles. The molecule has 0 fully saturated rings. The number of thiophene rings is 1. The number of halogens is 3. The van der Waals surface area contributed by atoms with Gasteiger partial charge in [-0.25, -0.2) is 13.9 Å². The molecule has 0 radical (unpaired) electrons. The molecule has 3 heterocycles. The largest absolute Gasteiger partial charge is 0.432 e. The Bertz CT molecular complexity index is 1450. The van der Waals surface area contributed by atoms with Crippen LogP contribution in [-0.2, 0) is 13.1 Å². The molecule has 2 amide bonds. The lowest BCUT2D eigenvalue weighted by molar-refractivity contribution is -0.0522. The van der Waals surface area contributed by atoms with Crippen LogP contribution in [0.5, 0.6) is 5.75 Å². The van der Waals surface area contributed by atoms with Crippen molar-refractivity contribution in [3.8, 4) is 5.75 Å². The van der Waals surface area contributed by atoms with Crippen molar-refractivity contribution < 1.29 is 32.3 Å². The van der Waals surface area contributed by atoms with E-state index in [9.17, 15) is 27.6 Å². The van der Waals surface area contributed by atoms with Gasteiger partial charge in [0.15, 0.2) is 23.0 Å². The summed E-state index contributed by atoms with van der Waals surface area (Å²) in [4.78, 5) is 42.6. The fourth-order valence-electron chi connectivity index (χ4n) is 3.23. The van der Waals surface area contributed by atoms with Crippen LogP contribution in [0.25, 0.3) is 5.65 Å².